The lowest BCUT2D eigenvalue weighted by Crippen LogP contribution is -2.36. The Morgan fingerprint density at radius 2 is 1.76 bits per heavy atom. The molecule has 0 aromatic carbocycles. The minimum Gasteiger partial charge on any atom is -0.463 e. The van der Waals surface area contributed by atoms with Crippen LogP contribution in [0.4, 0.5) is 0 Å². The second-order valence-electron chi connectivity index (χ2n) is 6.55. The lowest BCUT2D eigenvalue weighted by Gasteiger charge is -2.20. The molecule has 0 heterocycles. The van der Waals surface area contributed by atoms with Gasteiger partial charge in [-0.1, -0.05) is 13.8 Å². The van der Waals surface area contributed by atoms with Crippen molar-refractivity contribution in [1.29, 1.82) is 0 Å². The Morgan fingerprint density at radius 3 is 2.32 bits per heavy atom. The van der Waals surface area contributed by atoms with E-state index >= 15 is 0 Å². The molecule has 0 aromatic heterocycles. The van der Waals surface area contributed by atoms with Crippen molar-refractivity contribution in [3.8, 4) is 0 Å². The average molecular weight is 361 g/mol. The quantitative estimate of drug-likeness (QED) is 0.360. The van der Waals surface area contributed by atoms with Crippen LogP contribution in [0.2, 0.25) is 0 Å². The zero-order valence-electron chi connectivity index (χ0n) is 16.2. The third-order valence-corrected chi connectivity index (χ3v) is 3.65. The zero-order chi connectivity index (χ0) is 19.2. The molecule has 1 amide bonds. The summed E-state index contributed by atoms with van der Waals surface area (Å²) in [5, 5.41) is 11.5. The van der Waals surface area contributed by atoms with Gasteiger partial charge in [0.1, 0.15) is 6.61 Å². The number of rotatable bonds is 14. The molecular formula is C18H35NO6. The third-order valence-electron chi connectivity index (χ3n) is 3.65. The van der Waals surface area contributed by atoms with E-state index in [1.807, 2.05) is 27.7 Å². The summed E-state index contributed by atoms with van der Waals surface area (Å²) in [6.45, 7) is 10.5. The van der Waals surface area contributed by atoms with E-state index in [9.17, 15) is 9.59 Å². The normalized spacial score (nSPS) is 14.8. The highest BCUT2D eigenvalue weighted by atomic mass is 16.6. The van der Waals surface area contributed by atoms with Gasteiger partial charge in [-0.15, -0.1) is 0 Å². The first-order chi connectivity index (χ1) is 11.8. The van der Waals surface area contributed by atoms with E-state index in [2.05, 4.69) is 5.32 Å². The van der Waals surface area contributed by atoms with Crippen LogP contribution in [0.25, 0.3) is 0 Å². The maximum Gasteiger partial charge on any atom is 0.308 e. The molecule has 3 unspecified atom stereocenters. The Kier molecular flexibility index (Phi) is 13.4. The molecular weight excluding hydrogens is 326 g/mol. The number of amides is 1. The minimum absolute atomic E-state index is 0.0163. The summed E-state index contributed by atoms with van der Waals surface area (Å²) in [6.07, 6.45) is 1.04. The van der Waals surface area contributed by atoms with E-state index in [1.54, 1.807) is 6.92 Å². The predicted octanol–water partition coefficient (Wildman–Crippen LogP) is 1.52. The number of hydrogen-bond donors (Lipinski definition) is 2. The van der Waals surface area contributed by atoms with Crippen molar-refractivity contribution in [1.82, 2.24) is 5.32 Å². The molecule has 0 spiro atoms. The standard InChI is InChI=1S/C18H35NO6/c1-6-16(17(21)19-13(2)3)11-14(4)18(22)25-10-9-23-12-15(5)24-8-7-20/h13-16,20H,6-12H2,1-5H3,(H,19,21). The Morgan fingerprint density at radius 1 is 1.08 bits per heavy atom. The van der Waals surface area contributed by atoms with Crippen molar-refractivity contribution in [3.05, 3.63) is 0 Å². The Bertz CT molecular complexity index is 375. The van der Waals surface area contributed by atoms with Gasteiger partial charge in [0.25, 0.3) is 0 Å². The fourth-order valence-corrected chi connectivity index (χ4v) is 2.28. The molecule has 2 N–H and O–H groups in total. The minimum atomic E-state index is -0.338. The Balaban J connectivity index is 3.99. The summed E-state index contributed by atoms with van der Waals surface area (Å²) >= 11 is 0. The van der Waals surface area contributed by atoms with Gasteiger partial charge in [-0.2, -0.15) is 0 Å². The molecule has 25 heavy (non-hydrogen) atoms. The molecule has 0 aromatic rings. The summed E-state index contributed by atoms with van der Waals surface area (Å²) in [6, 6.07) is 0.0877. The number of carbonyl (C=O) groups is 2. The first-order valence-corrected chi connectivity index (χ1v) is 9.08. The fourth-order valence-electron chi connectivity index (χ4n) is 2.28. The molecule has 0 aliphatic rings. The number of aliphatic hydroxyl groups excluding tert-OH is 1. The molecule has 7 heteroatoms. The lowest BCUT2D eigenvalue weighted by atomic mass is 9.92. The van der Waals surface area contributed by atoms with E-state index in [0.717, 1.165) is 0 Å². The molecule has 3 atom stereocenters. The van der Waals surface area contributed by atoms with Crippen LogP contribution in [-0.2, 0) is 23.8 Å². The molecule has 0 rings (SSSR count). The molecule has 0 radical (unpaired) electrons. The van der Waals surface area contributed by atoms with Gasteiger partial charge in [0.05, 0.1) is 38.4 Å². The van der Waals surface area contributed by atoms with Gasteiger partial charge >= 0.3 is 5.97 Å². The SMILES string of the molecule is CCC(CC(C)C(=O)OCCOCC(C)OCCO)C(=O)NC(C)C. The van der Waals surface area contributed by atoms with Crippen LogP contribution in [0, 0.1) is 11.8 Å². The number of hydrogen-bond acceptors (Lipinski definition) is 6. The van der Waals surface area contributed by atoms with Gasteiger partial charge in [-0.3, -0.25) is 9.59 Å². The van der Waals surface area contributed by atoms with Crippen LogP contribution in [0.1, 0.15) is 47.5 Å². The highest BCUT2D eigenvalue weighted by Crippen LogP contribution is 2.17. The summed E-state index contributed by atoms with van der Waals surface area (Å²) < 4.78 is 15.8. The van der Waals surface area contributed by atoms with Crippen LogP contribution in [0.5, 0.6) is 0 Å². The summed E-state index contributed by atoms with van der Waals surface area (Å²) in [5.41, 5.74) is 0. The maximum atomic E-state index is 12.1. The zero-order valence-corrected chi connectivity index (χ0v) is 16.2. The number of carbonyl (C=O) groups excluding carboxylic acids is 2. The van der Waals surface area contributed by atoms with E-state index in [1.165, 1.54) is 0 Å². The Hall–Kier alpha value is -1.18. The van der Waals surface area contributed by atoms with Crippen molar-refractivity contribution in [2.24, 2.45) is 11.8 Å². The van der Waals surface area contributed by atoms with Crippen LogP contribution < -0.4 is 5.32 Å². The predicted molar refractivity (Wildman–Crippen MR) is 95.1 cm³/mol. The lowest BCUT2D eigenvalue weighted by molar-refractivity contribution is -0.150. The molecule has 0 bridgehead atoms. The van der Waals surface area contributed by atoms with Gasteiger partial charge in [-0.05, 0) is 33.6 Å². The van der Waals surface area contributed by atoms with Crippen molar-refractivity contribution in [2.75, 3.05) is 33.0 Å². The van der Waals surface area contributed by atoms with Crippen molar-refractivity contribution in [3.63, 3.8) is 0 Å². The van der Waals surface area contributed by atoms with Crippen LogP contribution in [0.3, 0.4) is 0 Å². The number of esters is 1. The van der Waals surface area contributed by atoms with Crippen LogP contribution in [-0.4, -0.2) is 62.2 Å². The van der Waals surface area contributed by atoms with Gasteiger partial charge in [0.15, 0.2) is 0 Å². The summed E-state index contributed by atoms with van der Waals surface area (Å²) in [4.78, 5) is 24.1. The molecule has 0 fully saturated rings. The van der Waals surface area contributed by atoms with Gasteiger partial charge in [0.2, 0.25) is 5.91 Å². The second kappa shape index (κ2) is 14.0. The average Bonchev–Trinajstić information content (AvgIpc) is 2.56. The fraction of sp³-hybridized carbons (Fsp3) is 0.889. The van der Waals surface area contributed by atoms with Gasteiger partial charge in [0, 0.05) is 12.0 Å². The van der Waals surface area contributed by atoms with Crippen molar-refractivity contribution >= 4 is 11.9 Å². The molecule has 148 valence electrons. The molecule has 0 saturated carbocycles. The topological polar surface area (TPSA) is 94.1 Å². The number of nitrogens with one attached hydrogen (secondary N) is 1. The van der Waals surface area contributed by atoms with Gasteiger partial charge in [-0.25, -0.2) is 0 Å². The number of aliphatic hydroxyl groups is 1. The monoisotopic (exact) mass is 361 g/mol. The Labute approximate surface area is 151 Å². The summed E-state index contributed by atoms with van der Waals surface area (Å²) in [5.74, 6) is -0.860. The molecule has 0 aliphatic carbocycles. The largest absolute Gasteiger partial charge is 0.463 e. The van der Waals surface area contributed by atoms with E-state index in [0.29, 0.717) is 19.4 Å². The third kappa shape index (κ3) is 11.9. The van der Waals surface area contributed by atoms with E-state index in [-0.39, 0.29) is 62.3 Å². The van der Waals surface area contributed by atoms with Crippen LogP contribution in [0.15, 0.2) is 0 Å². The molecule has 7 nitrogen and oxygen atoms in total. The smallest absolute Gasteiger partial charge is 0.308 e. The van der Waals surface area contributed by atoms with Crippen LogP contribution >= 0.6 is 0 Å². The van der Waals surface area contributed by atoms with E-state index in [4.69, 9.17) is 19.3 Å². The van der Waals surface area contributed by atoms with Crippen molar-refractivity contribution < 1.29 is 28.9 Å². The van der Waals surface area contributed by atoms with Crippen molar-refractivity contribution in [2.45, 2.75) is 59.6 Å². The second-order valence-corrected chi connectivity index (χ2v) is 6.55. The molecule has 0 aliphatic heterocycles. The number of ether oxygens (including phenoxy) is 3. The highest BCUT2D eigenvalue weighted by Gasteiger charge is 2.24. The maximum absolute atomic E-state index is 12.1. The first kappa shape index (κ1) is 23.8. The molecule has 0 saturated heterocycles. The van der Waals surface area contributed by atoms with E-state index < -0.39 is 0 Å². The first-order valence-electron chi connectivity index (χ1n) is 9.08. The van der Waals surface area contributed by atoms with Gasteiger partial charge < -0.3 is 24.6 Å². The summed E-state index contributed by atoms with van der Waals surface area (Å²) in [7, 11) is 0. The highest BCUT2D eigenvalue weighted by molar-refractivity contribution is 5.80.